The first-order valence-electron chi connectivity index (χ1n) is 18.7. The van der Waals surface area contributed by atoms with Crippen LogP contribution in [-0.2, 0) is 25.7 Å². The molecule has 0 saturated heterocycles. The van der Waals surface area contributed by atoms with Gasteiger partial charge >= 0.3 is 118 Å². The zero-order chi connectivity index (χ0) is 35.9. The first-order chi connectivity index (χ1) is 25.4. The van der Waals surface area contributed by atoms with E-state index in [0.29, 0.717) is 0 Å². The number of benzene rings is 2. The molecule has 0 spiro atoms. The second-order valence-electron chi connectivity index (χ2n) is 14.3. The molecule has 8 aliphatic carbocycles. The van der Waals surface area contributed by atoms with Crippen molar-refractivity contribution in [2.75, 3.05) is 0 Å². The molecule has 0 fully saturated rings. The van der Waals surface area contributed by atoms with Crippen LogP contribution in [0, 0.1) is 25.7 Å². The van der Waals surface area contributed by atoms with Crippen LogP contribution in [0.15, 0.2) is 166 Å². The van der Waals surface area contributed by atoms with Crippen LogP contribution in [0.1, 0.15) is 49.9 Å². The summed E-state index contributed by atoms with van der Waals surface area (Å²) < 4.78 is 0. The van der Waals surface area contributed by atoms with Gasteiger partial charge in [0.1, 0.15) is 0 Å². The van der Waals surface area contributed by atoms with Gasteiger partial charge in [0.25, 0.3) is 0 Å². The van der Waals surface area contributed by atoms with E-state index in [9.17, 15) is 0 Å². The molecule has 2 aromatic carbocycles. The maximum absolute atomic E-state index is 2.47. The van der Waals surface area contributed by atoms with E-state index in [-0.39, 0.29) is 118 Å². The van der Waals surface area contributed by atoms with Crippen LogP contribution in [0.5, 0.6) is 0 Å². The van der Waals surface area contributed by atoms with Gasteiger partial charge in [-0.1, -0.05) is 101 Å². The summed E-state index contributed by atoms with van der Waals surface area (Å²) in [5.41, 5.74) is 15.8. The number of rotatable bonds is 4. The maximum Gasteiger partial charge on any atom is 1.00 e. The van der Waals surface area contributed by atoms with Crippen LogP contribution in [-0.4, -0.2) is 0 Å². The Labute approximate surface area is 425 Å². The van der Waals surface area contributed by atoms with Crippen LogP contribution in [0.2, 0.25) is 0 Å². The van der Waals surface area contributed by atoms with Crippen molar-refractivity contribution in [2.24, 2.45) is 0 Å². The van der Waals surface area contributed by atoms with Crippen molar-refractivity contribution in [3.8, 4) is 0 Å². The van der Waals surface area contributed by atoms with Crippen molar-refractivity contribution in [2.45, 2.75) is 53.4 Å². The van der Waals surface area contributed by atoms with Crippen LogP contribution >= 0.6 is 0 Å². The van der Waals surface area contributed by atoms with E-state index >= 15 is 0 Å². The van der Waals surface area contributed by atoms with Gasteiger partial charge in [-0.15, -0.1) is 22.3 Å². The van der Waals surface area contributed by atoms with E-state index in [1.807, 2.05) is 0 Å². The molecule has 0 N–H and O–H groups in total. The average Bonchev–Trinajstić information content (AvgIpc) is 3.15. The zero-order valence-electron chi connectivity index (χ0n) is 35.0. The predicted molar refractivity (Wildman–Crippen MR) is 225 cm³/mol. The molecule has 0 unspecified atom stereocenters. The van der Waals surface area contributed by atoms with Gasteiger partial charge in [0.2, 0.25) is 0 Å². The van der Waals surface area contributed by atoms with Gasteiger partial charge < -0.3 is 0 Å². The fourth-order valence-corrected chi connectivity index (χ4v) is 7.29. The molecule has 0 radical (unpaired) electrons. The fourth-order valence-electron chi connectivity index (χ4n) is 7.29. The van der Waals surface area contributed by atoms with Gasteiger partial charge in [-0.05, 0) is 68.8 Å². The van der Waals surface area contributed by atoms with Crippen molar-refractivity contribution >= 4 is 24.3 Å². The van der Waals surface area contributed by atoms with Gasteiger partial charge in [0.05, 0.1) is 0 Å². The first-order valence-corrected chi connectivity index (χ1v) is 18.7. The zero-order valence-corrected chi connectivity index (χ0v) is 43.0. The number of allylic oxidation sites excluding steroid dienone is 24. The number of hydrogen-bond donors (Lipinski definition) is 0. The van der Waals surface area contributed by atoms with Gasteiger partial charge in [-0.25, -0.2) is 0 Å². The van der Waals surface area contributed by atoms with E-state index in [0.717, 1.165) is 25.7 Å². The molecule has 260 valence electrons. The van der Waals surface area contributed by atoms with Crippen LogP contribution in [0.25, 0.3) is 24.3 Å². The molecule has 4 bridgehead atoms. The summed E-state index contributed by atoms with van der Waals surface area (Å²) in [6, 6.07) is 9.88. The summed E-state index contributed by atoms with van der Waals surface area (Å²) in [5, 5.41) is 5.27. The van der Waals surface area contributed by atoms with Gasteiger partial charge in [0.15, 0.2) is 0 Å². The van der Waals surface area contributed by atoms with Crippen molar-refractivity contribution in [1.82, 2.24) is 0 Å². The molecular weight excluding hydrogens is 717 g/mol. The Bertz CT molecular complexity index is 2080. The number of hydrogen-bond acceptors (Lipinski definition) is 0. The largest absolute Gasteiger partial charge is 1.00 e. The van der Waals surface area contributed by atoms with E-state index in [1.165, 1.54) is 87.7 Å². The molecule has 0 heterocycles. The van der Waals surface area contributed by atoms with E-state index in [4.69, 9.17) is 0 Å². The molecule has 0 nitrogen and oxygen atoms in total. The molecule has 8 aliphatic rings. The first kappa shape index (κ1) is 48.6. The Hall–Kier alpha value is -1.72. The Morgan fingerprint density at radius 2 is 0.554 bits per heavy atom. The predicted octanol–water partition coefficient (Wildman–Crippen LogP) is -2.70. The third-order valence-corrected chi connectivity index (χ3v) is 10.7. The molecule has 10 rings (SSSR count). The van der Waals surface area contributed by atoms with E-state index in [1.54, 1.807) is 0 Å². The minimum Gasteiger partial charge on any atom is -0.172 e. The Morgan fingerprint density at radius 3 is 0.750 bits per heavy atom. The monoisotopic (exact) mass is 764 g/mol. The quantitative estimate of drug-likeness (QED) is 0.235. The average molecular weight is 765 g/mol. The van der Waals surface area contributed by atoms with E-state index in [2.05, 4.69) is 199 Å². The van der Waals surface area contributed by atoms with E-state index < -0.39 is 0 Å². The SMILES string of the molecule is CC1=C[CH-]C=C/C1=C/C=c1\cc2/c(=C/C=C3\C=C[CH-]C=C3C)cc1CCc1c/c(=C\C=C3/C=C[CH-]C=C3C)c(c/c1=C\C=C1\C=C[CH-]C=C1C)CC2.[Na+].[Na+].[Na+].[Na+]. The minimum absolute atomic E-state index is 0. The summed E-state index contributed by atoms with van der Waals surface area (Å²) in [7, 11) is 0. The topological polar surface area (TPSA) is 0 Å². The van der Waals surface area contributed by atoms with Gasteiger partial charge in [0, 0.05) is 0 Å². The molecule has 4 heteroatoms. The van der Waals surface area contributed by atoms with Crippen LogP contribution < -0.4 is 139 Å². The maximum atomic E-state index is 2.47. The van der Waals surface area contributed by atoms with Crippen LogP contribution in [0.4, 0.5) is 0 Å². The second kappa shape index (κ2) is 23.8. The summed E-state index contributed by atoms with van der Waals surface area (Å²) in [4.78, 5) is 0. The molecule has 56 heavy (non-hydrogen) atoms. The molecule has 0 aliphatic heterocycles. The van der Waals surface area contributed by atoms with Crippen LogP contribution in [0.3, 0.4) is 0 Å². The smallest absolute Gasteiger partial charge is 0.172 e. The summed E-state index contributed by atoms with van der Waals surface area (Å²) in [6.45, 7) is 8.77. The van der Waals surface area contributed by atoms with Crippen molar-refractivity contribution in [3.05, 3.63) is 235 Å². The Morgan fingerprint density at radius 1 is 0.339 bits per heavy atom. The van der Waals surface area contributed by atoms with Gasteiger partial charge in [-0.3, -0.25) is 0 Å². The summed E-state index contributed by atoms with van der Waals surface area (Å²) in [6.07, 6.45) is 57.0. The second-order valence-corrected chi connectivity index (χ2v) is 14.3. The molecule has 0 amide bonds. The third kappa shape index (κ3) is 12.6. The number of aryl methyl sites for hydroxylation is 4. The Balaban J connectivity index is 0.00000210. The fraction of sp³-hybridized carbons (Fsp3) is 0.154. The van der Waals surface area contributed by atoms with Gasteiger partial charge in [-0.2, -0.15) is 121 Å². The standard InChI is InChI=1S/C52H48.4Na/c1-37-13-5-9-17-41(37)21-25-45-33-50-31-32-52-36-47(27-23-43-19-11-7-15-39(43)3)51(35-48(52)28-24-44-20-12-8-16-40(44)4)30-29-49(45)34-46(50)26-22-42-18-10-6-14-38(42)2;;;;/h5-28,33-36H,29-32H2,1-4H3;;;;/q-4;4*+1/b41-21-,42-22+,43-23-,44-24+,45-25+,46-26+,47-27+,48-28+;;;;. The van der Waals surface area contributed by atoms with Crippen molar-refractivity contribution in [1.29, 1.82) is 0 Å². The molecular formula is C52H48Na4. The van der Waals surface area contributed by atoms with Crippen molar-refractivity contribution in [3.63, 3.8) is 0 Å². The summed E-state index contributed by atoms with van der Waals surface area (Å²) in [5.74, 6) is 0. The third-order valence-electron chi connectivity index (χ3n) is 10.7. The van der Waals surface area contributed by atoms with Crippen molar-refractivity contribution < 1.29 is 118 Å². The molecule has 0 atom stereocenters. The molecule has 0 saturated carbocycles. The normalized spacial score (nSPS) is 20.9. The summed E-state index contributed by atoms with van der Waals surface area (Å²) >= 11 is 0. The minimum atomic E-state index is 0. The Kier molecular flexibility index (Phi) is 20.6. The molecule has 0 aromatic heterocycles. The molecule has 2 aromatic rings.